The number of anilines is 2. The molecule has 0 aromatic heterocycles. The Labute approximate surface area is 189 Å². The molecule has 0 fully saturated rings. The molecule has 3 aromatic rings. The van der Waals surface area contributed by atoms with Gasteiger partial charge in [0, 0.05) is 21.8 Å². The van der Waals surface area contributed by atoms with E-state index in [1.165, 1.54) is 30.0 Å². The van der Waals surface area contributed by atoms with Gasteiger partial charge >= 0.3 is 5.97 Å². The van der Waals surface area contributed by atoms with Crippen LogP contribution >= 0.6 is 11.8 Å². The normalized spacial score (nSPS) is 11.4. The number of nitrogens with one attached hydrogen (secondary N) is 2. The lowest BCUT2D eigenvalue weighted by molar-refractivity contribution is -0.115. The van der Waals surface area contributed by atoms with Gasteiger partial charge in [-0.15, -0.1) is 11.8 Å². The van der Waals surface area contributed by atoms with E-state index in [1.807, 2.05) is 37.3 Å². The molecule has 0 radical (unpaired) electrons. The third-order valence-corrected chi connectivity index (χ3v) is 5.68. The van der Waals surface area contributed by atoms with Crippen molar-refractivity contribution in [2.45, 2.75) is 24.0 Å². The number of aromatic hydroxyl groups is 1. The summed E-state index contributed by atoms with van der Waals surface area (Å²) < 4.78 is 0. The number of aromatic carboxylic acids is 1. The van der Waals surface area contributed by atoms with Crippen molar-refractivity contribution in [3.63, 3.8) is 0 Å². The van der Waals surface area contributed by atoms with Crippen LogP contribution in [0.5, 0.6) is 5.75 Å². The average Bonchev–Trinajstić information content (AvgIpc) is 2.76. The van der Waals surface area contributed by atoms with Crippen molar-refractivity contribution in [2.24, 2.45) is 0 Å². The fourth-order valence-corrected chi connectivity index (χ4v) is 3.76. The van der Waals surface area contributed by atoms with Gasteiger partial charge < -0.3 is 20.8 Å². The van der Waals surface area contributed by atoms with Crippen LogP contribution in [0.15, 0.2) is 71.6 Å². The van der Waals surface area contributed by atoms with Crippen LogP contribution in [-0.2, 0) is 4.79 Å². The zero-order chi connectivity index (χ0) is 23.3. The van der Waals surface area contributed by atoms with Gasteiger partial charge in [0.05, 0.1) is 5.25 Å². The minimum Gasteiger partial charge on any atom is -0.507 e. The summed E-state index contributed by atoms with van der Waals surface area (Å²) in [5.74, 6) is -2.16. The van der Waals surface area contributed by atoms with Crippen LogP contribution in [0, 0.1) is 6.92 Å². The molecule has 0 spiro atoms. The van der Waals surface area contributed by atoms with E-state index in [4.69, 9.17) is 5.11 Å². The smallest absolute Gasteiger partial charge is 0.339 e. The van der Waals surface area contributed by atoms with Gasteiger partial charge in [-0.05, 0) is 68.4 Å². The van der Waals surface area contributed by atoms with Gasteiger partial charge in [0.2, 0.25) is 5.91 Å². The third kappa shape index (κ3) is 5.89. The Bertz CT molecular complexity index is 1160. The molecule has 4 N–H and O–H groups in total. The molecule has 0 bridgehead atoms. The molecule has 0 saturated carbocycles. The molecule has 3 aromatic carbocycles. The lowest BCUT2D eigenvalue weighted by atomic mass is 10.1. The lowest BCUT2D eigenvalue weighted by Crippen LogP contribution is -2.22. The maximum atomic E-state index is 12.5. The lowest BCUT2D eigenvalue weighted by Gasteiger charge is -2.13. The number of carboxylic acids is 1. The Morgan fingerprint density at radius 2 is 1.59 bits per heavy atom. The molecule has 0 aliphatic carbocycles. The van der Waals surface area contributed by atoms with Gasteiger partial charge in [-0.2, -0.15) is 0 Å². The summed E-state index contributed by atoms with van der Waals surface area (Å²) in [6.45, 7) is 3.65. The second-order valence-corrected chi connectivity index (χ2v) is 8.55. The fourth-order valence-electron chi connectivity index (χ4n) is 2.89. The Morgan fingerprint density at radius 1 is 0.906 bits per heavy atom. The number of carboxylic acid groups (broad SMARTS) is 1. The summed E-state index contributed by atoms with van der Waals surface area (Å²) in [6.07, 6.45) is 0. The summed E-state index contributed by atoms with van der Waals surface area (Å²) in [5.41, 5.74) is 2.22. The van der Waals surface area contributed by atoms with Crippen LogP contribution in [0.3, 0.4) is 0 Å². The largest absolute Gasteiger partial charge is 0.507 e. The van der Waals surface area contributed by atoms with Crippen molar-refractivity contribution in [3.8, 4) is 5.75 Å². The van der Waals surface area contributed by atoms with Crippen molar-refractivity contribution >= 4 is 40.9 Å². The molecule has 3 rings (SSSR count). The van der Waals surface area contributed by atoms with E-state index in [9.17, 15) is 19.5 Å². The number of hydrogen-bond acceptors (Lipinski definition) is 5. The van der Waals surface area contributed by atoms with Gasteiger partial charge in [-0.25, -0.2) is 4.79 Å². The monoisotopic (exact) mass is 450 g/mol. The van der Waals surface area contributed by atoms with Crippen LogP contribution in [0.25, 0.3) is 0 Å². The van der Waals surface area contributed by atoms with Crippen molar-refractivity contribution in [1.82, 2.24) is 0 Å². The number of hydrogen-bond donors (Lipinski definition) is 4. The molecule has 32 heavy (non-hydrogen) atoms. The number of carbonyl (C=O) groups is 3. The van der Waals surface area contributed by atoms with Gasteiger partial charge in [0.1, 0.15) is 11.3 Å². The van der Waals surface area contributed by atoms with E-state index >= 15 is 0 Å². The first-order valence-electron chi connectivity index (χ1n) is 9.75. The standard InChI is InChI=1S/C24H22N2O5S/c1-14-4-3-5-16(12-14)23(29)25-17-6-9-19(10-7-17)32-15(2)22(28)26-18-8-11-21(27)20(13-18)24(30)31/h3-13,15,27H,1-2H3,(H,25,29)(H,26,28)(H,30,31). The average molecular weight is 451 g/mol. The molecular weight excluding hydrogens is 428 g/mol. The minimum atomic E-state index is -1.28. The van der Waals surface area contributed by atoms with Gasteiger partial charge in [0.15, 0.2) is 0 Å². The number of rotatable bonds is 7. The predicted octanol–water partition coefficient (Wildman–Crippen LogP) is 4.77. The number of amides is 2. The van der Waals surface area contributed by atoms with Crippen molar-refractivity contribution in [3.05, 3.63) is 83.4 Å². The Balaban J connectivity index is 1.59. The molecule has 164 valence electrons. The molecule has 8 heteroatoms. The van der Waals surface area contributed by atoms with Crippen LogP contribution < -0.4 is 10.6 Å². The Kier molecular flexibility index (Phi) is 7.17. The second kappa shape index (κ2) is 10.0. The quantitative estimate of drug-likeness (QED) is 0.304. The van der Waals surface area contributed by atoms with Crippen molar-refractivity contribution in [2.75, 3.05) is 10.6 Å². The molecule has 1 atom stereocenters. The van der Waals surface area contributed by atoms with Crippen LogP contribution in [0.2, 0.25) is 0 Å². The highest BCUT2D eigenvalue weighted by Crippen LogP contribution is 2.27. The first-order chi connectivity index (χ1) is 15.2. The highest BCUT2D eigenvalue weighted by Gasteiger charge is 2.17. The topological polar surface area (TPSA) is 116 Å². The summed E-state index contributed by atoms with van der Waals surface area (Å²) in [4.78, 5) is 36.8. The van der Waals surface area contributed by atoms with E-state index in [0.717, 1.165) is 10.5 Å². The molecule has 0 saturated heterocycles. The summed E-state index contributed by atoms with van der Waals surface area (Å²) in [7, 11) is 0. The molecule has 0 aliphatic rings. The highest BCUT2D eigenvalue weighted by atomic mass is 32.2. The van der Waals surface area contributed by atoms with Crippen LogP contribution in [0.1, 0.15) is 33.2 Å². The van der Waals surface area contributed by atoms with Crippen LogP contribution in [-0.4, -0.2) is 33.2 Å². The van der Waals surface area contributed by atoms with E-state index in [0.29, 0.717) is 11.3 Å². The Morgan fingerprint density at radius 3 is 2.25 bits per heavy atom. The van der Waals surface area contributed by atoms with Crippen molar-refractivity contribution < 1.29 is 24.6 Å². The number of phenols is 1. The summed E-state index contributed by atoms with van der Waals surface area (Å²) in [5, 5.41) is 23.7. The van der Waals surface area contributed by atoms with Crippen molar-refractivity contribution in [1.29, 1.82) is 0 Å². The first kappa shape index (κ1) is 22.9. The molecule has 7 nitrogen and oxygen atoms in total. The van der Waals surface area contributed by atoms with Crippen LogP contribution in [0.4, 0.5) is 11.4 Å². The number of thioether (sulfide) groups is 1. The van der Waals surface area contributed by atoms with E-state index in [1.54, 1.807) is 25.1 Å². The van der Waals surface area contributed by atoms with E-state index in [2.05, 4.69) is 10.6 Å². The predicted molar refractivity (Wildman–Crippen MR) is 125 cm³/mol. The third-order valence-electron chi connectivity index (χ3n) is 4.57. The Hall–Kier alpha value is -3.78. The highest BCUT2D eigenvalue weighted by molar-refractivity contribution is 8.00. The summed E-state index contributed by atoms with van der Waals surface area (Å²) in [6, 6.07) is 18.3. The number of benzene rings is 3. The SMILES string of the molecule is Cc1cccc(C(=O)Nc2ccc(SC(C)C(=O)Nc3ccc(O)c(C(=O)O)c3)cc2)c1. The first-order valence-corrected chi connectivity index (χ1v) is 10.6. The maximum absolute atomic E-state index is 12.5. The fraction of sp³-hybridized carbons (Fsp3) is 0.125. The minimum absolute atomic E-state index is 0.198. The molecule has 0 aliphatic heterocycles. The van der Waals surface area contributed by atoms with Gasteiger partial charge in [-0.3, -0.25) is 9.59 Å². The van der Waals surface area contributed by atoms with E-state index in [-0.39, 0.29) is 28.8 Å². The molecular formula is C24H22N2O5S. The summed E-state index contributed by atoms with van der Waals surface area (Å²) >= 11 is 1.32. The molecule has 0 heterocycles. The zero-order valence-corrected chi connectivity index (χ0v) is 18.3. The molecule has 1 unspecified atom stereocenters. The number of aryl methyl sites for hydroxylation is 1. The zero-order valence-electron chi connectivity index (χ0n) is 17.5. The van der Waals surface area contributed by atoms with Gasteiger partial charge in [-0.1, -0.05) is 17.7 Å². The molecule has 2 amide bonds. The number of carbonyl (C=O) groups excluding carboxylic acids is 2. The van der Waals surface area contributed by atoms with E-state index < -0.39 is 11.2 Å². The van der Waals surface area contributed by atoms with Gasteiger partial charge in [0.25, 0.3) is 5.91 Å². The second-order valence-electron chi connectivity index (χ2n) is 7.13. The maximum Gasteiger partial charge on any atom is 0.339 e.